The Morgan fingerprint density at radius 2 is 1.09 bits per heavy atom. The Hall–Kier alpha value is -5.26. The Balaban J connectivity index is 0.00000385. The van der Waals surface area contributed by atoms with Gasteiger partial charge in [0.2, 0.25) is 17.8 Å². The smallest absolute Gasteiger partial charge is 0.251 e. The topological polar surface area (TPSA) is 196 Å². The molecule has 7 N–H and O–H groups in total. The van der Waals surface area contributed by atoms with E-state index in [2.05, 4.69) is 41.5 Å². The molecule has 54 heavy (non-hydrogen) atoms. The van der Waals surface area contributed by atoms with Crippen molar-refractivity contribution in [2.45, 2.75) is 20.4 Å². The lowest BCUT2D eigenvalue weighted by atomic mass is 10.2. The van der Waals surface area contributed by atoms with Crippen molar-refractivity contribution < 1.29 is 32.9 Å². The van der Waals surface area contributed by atoms with Crippen LogP contribution in [-0.4, -0.2) is 106 Å². The van der Waals surface area contributed by atoms with Crippen molar-refractivity contribution in [3.63, 3.8) is 0 Å². The molecule has 0 unspecified atom stereocenters. The fourth-order valence-electron chi connectivity index (χ4n) is 4.44. The zero-order chi connectivity index (χ0) is 38.6. The zero-order valence-corrected chi connectivity index (χ0v) is 30.9. The summed E-state index contributed by atoms with van der Waals surface area (Å²) in [6.07, 6.45) is 0. The van der Waals surface area contributed by atoms with Crippen molar-refractivity contribution in [3.8, 4) is 0 Å². The standard InChI is InChI=1S/C36H46FN9O6.C2H6/c37-30-10-6-27(7-11-30)26-42-35-44-34(41-17-21-52-25-24-51-19-15-39-32(47)28-4-2-1-3-5-28)45-36(46-35)43-31-12-8-29(9-13-31)33(48)40-16-20-50-23-22-49-18-14-38;1-2/h1-13H,14-26,38H2,(H,39,47)(H,40,48)(H3,41,42,43,44,45,46);1-2H3. The van der Waals surface area contributed by atoms with E-state index in [0.717, 1.165) is 5.56 Å². The highest BCUT2D eigenvalue weighted by Gasteiger charge is 2.10. The van der Waals surface area contributed by atoms with Crippen LogP contribution < -0.4 is 32.3 Å². The second-order valence-corrected chi connectivity index (χ2v) is 11.0. The summed E-state index contributed by atoms with van der Waals surface area (Å²) in [6.45, 7) is 9.19. The van der Waals surface area contributed by atoms with Crippen molar-refractivity contribution in [1.82, 2.24) is 25.6 Å². The summed E-state index contributed by atoms with van der Waals surface area (Å²) < 4.78 is 35.2. The fourth-order valence-corrected chi connectivity index (χ4v) is 4.44. The Kier molecular flexibility index (Phi) is 21.2. The number of carbonyl (C=O) groups is 2. The van der Waals surface area contributed by atoms with Gasteiger partial charge in [0.25, 0.3) is 11.8 Å². The number of carbonyl (C=O) groups excluding carboxylic acids is 2. The second-order valence-electron chi connectivity index (χ2n) is 11.0. The molecule has 292 valence electrons. The van der Waals surface area contributed by atoms with Crippen LogP contribution in [0.5, 0.6) is 0 Å². The molecule has 0 aliphatic carbocycles. The van der Waals surface area contributed by atoms with Gasteiger partial charge in [0, 0.05) is 49.5 Å². The van der Waals surface area contributed by atoms with E-state index >= 15 is 0 Å². The lowest BCUT2D eigenvalue weighted by Gasteiger charge is -2.12. The molecule has 0 radical (unpaired) electrons. The molecule has 4 rings (SSSR count). The normalized spacial score (nSPS) is 10.5. The van der Waals surface area contributed by atoms with Gasteiger partial charge in [-0.1, -0.05) is 44.2 Å². The summed E-state index contributed by atoms with van der Waals surface area (Å²) in [5.41, 5.74) is 7.96. The number of hydrogen-bond donors (Lipinski definition) is 6. The molecular formula is C38H52FN9O6. The van der Waals surface area contributed by atoms with Gasteiger partial charge >= 0.3 is 0 Å². The molecule has 16 heteroatoms. The second kappa shape index (κ2) is 26.5. The van der Waals surface area contributed by atoms with Gasteiger partial charge in [-0.3, -0.25) is 9.59 Å². The first-order valence-electron chi connectivity index (χ1n) is 18.0. The van der Waals surface area contributed by atoms with Crippen LogP contribution in [0.3, 0.4) is 0 Å². The lowest BCUT2D eigenvalue weighted by molar-refractivity contribution is 0.0511. The number of halogens is 1. The summed E-state index contributed by atoms with van der Waals surface area (Å²) in [5.74, 6) is 0.168. The van der Waals surface area contributed by atoms with Crippen LogP contribution in [0.4, 0.5) is 27.9 Å². The summed E-state index contributed by atoms with van der Waals surface area (Å²) in [4.78, 5) is 38.0. The number of ether oxygens (including phenoxy) is 4. The molecule has 4 aromatic rings. The van der Waals surface area contributed by atoms with E-state index in [1.54, 1.807) is 48.5 Å². The first-order chi connectivity index (χ1) is 26.5. The number of amides is 2. The summed E-state index contributed by atoms with van der Waals surface area (Å²) in [6, 6.07) is 22.0. The highest BCUT2D eigenvalue weighted by Crippen LogP contribution is 2.17. The molecule has 1 aromatic heterocycles. The van der Waals surface area contributed by atoms with Gasteiger partial charge < -0.3 is 51.3 Å². The van der Waals surface area contributed by atoms with E-state index in [1.165, 1.54) is 12.1 Å². The maximum Gasteiger partial charge on any atom is 0.251 e. The maximum absolute atomic E-state index is 13.4. The Morgan fingerprint density at radius 3 is 1.67 bits per heavy atom. The number of aromatic nitrogens is 3. The first kappa shape index (κ1) is 43.1. The Labute approximate surface area is 316 Å². The van der Waals surface area contributed by atoms with Crippen LogP contribution in [0.1, 0.15) is 40.1 Å². The minimum atomic E-state index is -0.319. The van der Waals surface area contributed by atoms with E-state index in [-0.39, 0.29) is 23.6 Å². The van der Waals surface area contributed by atoms with Crippen LogP contribution in [0.15, 0.2) is 78.9 Å². The van der Waals surface area contributed by atoms with Crippen molar-refractivity contribution in [3.05, 3.63) is 101 Å². The summed E-state index contributed by atoms with van der Waals surface area (Å²) >= 11 is 0. The Bertz CT molecular complexity index is 1620. The van der Waals surface area contributed by atoms with Gasteiger partial charge in [-0.25, -0.2) is 4.39 Å². The molecule has 1 heterocycles. The third kappa shape index (κ3) is 17.5. The number of nitrogens with one attached hydrogen (secondary N) is 5. The van der Waals surface area contributed by atoms with Crippen LogP contribution >= 0.6 is 0 Å². The van der Waals surface area contributed by atoms with E-state index in [0.29, 0.717) is 114 Å². The number of nitrogens with zero attached hydrogens (tertiary/aromatic N) is 3. The average Bonchev–Trinajstić information content (AvgIpc) is 3.20. The van der Waals surface area contributed by atoms with E-state index in [9.17, 15) is 14.0 Å². The van der Waals surface area contributed by atoms with Crippen molar-refractivity contribution >= 4 is 35.3 Å². The number of benzene rings is 3. The number of nitrogens with two attached hydrogens (primary N) is 1. The fraction of sp³-hybridized carbons (Fsp3) is 0.395. The molecule has 0 atom stereocenters. The minimum Gasteiger partial charge on any atom is -0.378 e. The first-order valence-corrected chi connectivity index (χ1v) is 18.0. The van der Waals surface area contributed by atoms with E-state index < -0.39 is 0 Å². The van der Waals surface area contributed by atoms with Crippen molar-refractivity contribution in [1.29, 1.82) is 0 Å². The van der Waals surface area contributed by atoms with Crippen LogP contribution in [0.2, 0.25) is 0 Å². The summed E-state index contributed by atoms with van der Waals surface area (Å²) in [7, 11) is 0. The van der Waals surface area contributed by atoms with Gasteiger partial charge in [-0.05, 0) is 54.1 Å². The third-order valence-corrected chi connectivity index (χ3v) is 7.04. The molecule has 0 fully saturated rings. The number of hydrogen-bond acceptors (Lipinski definition) is 13. The van der Waals surface area contributed by atoms with Gasteiger partial charge in [0.15, 0.2) is 0 Å². The molecule has 15 nitrogen and oxygen atoms in total. The van der Waals surface area contributed by atoms with Gasteiger partial charge in [-0.2, -0.15) is 15.0 Å². The number of rotatable bonds is 25. The van der Waals surface area contributed by atoms with E-state index in [4.69, 9.17) is 24.7 Å². The molecule has 0 aliphatic heterocycles. The molecule has 3 aromatic carbocycles. The average molecular weight is 750 g/mol. The SMILES string of the molecule is CC.NCCOCCOCCNC(=O)c1ccc(Nc2nc(NCCOCCOCCNC(=O)c3ccccc3)nc(NCc3ccc(F)cc3)n2)cc1. The third-order valence-electron chi connectivity index (χ3n) is 7.04. The number of anilines is 4. The monoisotopic (exact) mass is 749 g/mol. The summed E-state index contributed by atoms with van der Waals surface area (Å²) in [5, 5.41) is 15.1. The zero-order valence-electron chi connectivity index (χ0n) is 30.9. The molecule has 0 aliphatic rings. The van der Waals surface area contributed by atoms with Gasteiger partial charge in [-0.15, -0.1) is 0 Å². The minimum absolute atomic E-state index is 0.144. The van der Waals surface area contributed by atoms with Crippen molar-refractivity contribution in [2.24, 2.45) is 5.73 Å². The molecule has 0 spiro atoms. The highest BCUT2D eigenvalue weighted by molar-refractivity contribution is 5.94. The molecule has 0 bridgehead atoms. The predicted octanol–water partition coefficient (Wildman–Crippen LogP) is 3.99. The Morgan fingerprint density at radius 1 is 0.593 bits per heavy atom. The van der Waals surface area contributed by atoms with Crippen LogP contribution in [-0.2, 0) is 25.5 Å². The van der Waals surface area contributed by atoms with Crippen molar-refractivity contribution in [2.75, 3.05) is 95.0 Å². The lowest BCUT2D eigenvalue weighted by Crippen LogP contribution is -2.27. The maximum atomic E-state index is 13.4. The predicted molar refractivity (Wildman–Crippen MR) is 207 cm³/mol. The highest BCUT2D eigenvalue weighted by atomic mass is 19.1. The van der Waals surface area contributed by atoms with Gasteiger partial charge in [0.05, 0.1) is 52.9 Å². The largest absolute Gasteiger partial charge is 0.378 e. The molecule has 0 saturated heterocycles. The molecular weight excluding hydrogens is 697 g/mol. The molecule has 0 saturated carbocycles. The van der Waals surface area contributed by atoms with Gasteiger partial charge in [0.1, 0.15) is 5.82 Å². The van der Waals surface area contributed by atoms with E-state index in [1.807, 2.05) is 32.0 Å². The molecule has 2 amide bonds. The van der Waals surface area contributed by atoms with Crippen LogP contribution in [0, 0.1) is 5.82 Å². The quantitative estimate of drug-likeness (QED) is 0.0533. The van der Waals surface area contributed by atoms with Crippen LogP contribution in [0.25, 0.3) is 0 Å².